The van der Waals surface area contributed by atoms with Crippen molar-refractivity contribution in [2.75, 3.05) is 69.7 Å². The van der Waals surface area contributed by atoms with E-state index in [-0.39, 0.29) is 11.8 Å². The number of piperazine rings is 1. The molecule has 2 heterocycles. The number of carbonyl (C=O) groups excluding carboxylic acids is 1. The van der Waals surface area contributed by atoms with Crippen molar-refractivity contribution in [2.45, 2.75) is 13.8 Å². The summed E-state index contributed by atoms with van der Waals surface area (Å²) in [6.45, 7) is 7.72. The SMILES string of the molecule is COc1ccc(N(C(=O)Oc2ccnc(Nc3ccc(N4CCN(C)CC4)c(OC)c3)n2)c2c(C)cccc2C)c(OC)c1. The Kier molecular flexibility index (Phi) is 9.35. The lowest BCUT2D eigenvalue weighted by Crippen LogP contribution is -2.44. The second kappa shape index (κ2) is 13.5. The van der Waals surface area contributed by atoms with Crippen molar-refractivity contribution in [2.24, 2.45) is 0 Å². The average Bonchev–Trinajstić information content (AvgIpc) is 3.03. The molecule has 1 amide bonds. The first-order valence-electron chi connectivity index (χ1n) is 14.3. The highest BCUT2D eigenvalue weighted by atomic mass is 16.6. The van der Waals surface area contributed by atoms with Crippen LogP contribution in [0.5, 0.6) is 23.1 Å². The summed E-state index contributed by atoms with van der Waals surface area (Å²) in [5.41, 5.74) is 4.73. The molecular formula is C33H38N6O5. The van der Waals surface area contributed by atoms with E-state index in [2.05, 4.69) is 32.1 Å². The van der Waals surface area contributed by atoms with Crippen LogP contribution in [0.3, 0.4) is 0 Å². The number of aromatic nitrogens is 2. The molecule has 0 saturated carbocycles. The number of methoxy groups -OCH3 is 3. The van der Waals surface area contributed by atoms with Gasteiger partial charge >= 0.3 is 6.09 Å². The highest BCUT2D eigenvalue weighted by Crippen LogP contribution is 2.40. The third-order valence-electron chi connectivity index (χ3n) is 7.58. The Morgan fingerprint density at radius 3 is 2.27 bits per heavy atom. The summed E-state index contributed by atoms with van der Waals surface area (Å²) < 4.78 is 22.6. The van der Waals surface area contributed by atoms with E-state index < -0.39 is 6.09 Å². The molecule has 0 radical (unpaired) electrons. The van der Waals surface area contributed by atoms with Crippen molar-refractivity contribution >= 4 is 34.8 Å². The van der Waals surface area contributed by atoms with E-state index in [1.807, 2.05) is 50.2 Å². The van der Waals surface area contributed by atoms with Crippen molar-refractivity contribution in [1.82, 2.24) is 14.9 Å². The molecule has 1 fully saturated rings. The zero-order valence-corrected chi connectivity index (χ0v) is 26.0. The van der Waals surface area contributed by atoms with E-state index >= 15 is 0 Å². The molecular weight excluding hydrogens is 560 g/mol. The molecule has 5 rings (SSSR count). The van der Waals surface area contributed by atoms with E-state index in [9.17, 15) is 4.79 Å². The number of likely N-dealkylation sites (N-methyl/N-ethyl adjacent to an activating group) is 1. The minimum absolute atomic E-state index is 0.0808. The molecule has 0 spiro atoms. The molecule has 1 saturated heterocycles. The molecule has 0 bridgehead atoms. The number of benzene rings is 3. The number of anilines is 5. The van der Waals surface area contributed by atoms with Gasteiger partial charge in [0.15, 0.2) is 0 Å². The van der Waals surface area contributed by atoms with Gasteiger partial charge in [-0.15, -0.1) is 0 Å². The second-order valence-corrected chi connectivity index (χ2v) is 10.5. The van der Waals surface area contributed by atoms with Gasteiger partial charge in [-0.1, -0.05) is 18.2 Å². The predicted molar refractivity (Wildman–Crippen MR) is 172 cm³/mol. The molecule has 230 valence electrons. The number of ether oxygens (including phenoxy) is 4. The molecule has 1 N–H and O–H groups in total. The van der Waals surface area contributed by atoms with Gasteiger partial charge in [0, 0.05) is 56.3 Å². The highest BCUT2D eigenvalue weighted by molar-refractivity contribution is 6.00. The molecule has 11 nitrogen and oxygen atoms in total. The van der Waals surface area contributed by atoms with Gasteiger partial charge < -0.3 is 34.1 Å². The van der Waals surface area contributed by atoms with Crippen LogP contribution in [0.1, 0.15) is 11.1 Å². The van der Waals surface area contributed by atoms with Crippen LogP contribution in [0.4, 0.5) is 33.5 Å². The summed E-state index contributed by atoms with van der Waals surface area (Å²) in [5, 5.41) is 3.20. The van der Waals surface area contributed by atoms with Crippen molar-refractivity contribution in [3.8, 4) is 23.1 Å². The topological polar surface area (TPSA) is 102 Å². The number of hydrogen-bond donors (Lipinski definition) is 1. The lowest BCUT2D eigenvalue weighted by atomic mass is 10.1. The van der Waals surface area contributed by atoms with Crippen LogP contribution in [0.15, 0.2) is 66.9 Å². The molecule has 1 aliphatic heterocycles. The zero-order chi connectivity index (χ0) is 31.2. The summed E-state index contributed by atoms with van der Waals surface area (Å²) in [6, 6.07) is 18.5. The Hall–Kier alpha value is -5.03. The Morgan fingerprint density at radius 1 is 0.864 bits per heavy atom. The van der Waals surface area contributed by atoms with Crippen LogP contribution in [-0.2, 0) is 0 Å². The lowest BCUT2D eigenvalue weighted by Gasteiger charge is -2.34. The van der Waals surface area contributed by atoms with Gasteiger partial charge in [0.1, 0.15) is 17.2 Å². The summed E-state index contributed by atoms with van der Waals surface area (Å²) in [4.78, 5) is 28.8. The van der Waals surface area contributed by atoms with Crippen LogP contribution < -0.4 is 34.1 Å². The van der Waals surface area contributed by atoms with E-state index in [4.69, 9.17) is 18.9 Å². The number of aryl methyl sites for hydroxylation is 2. The summed E-state index contributed by atoms with van der Waals surface area (Å²) >= 11 is 0. The monoisotopic (exact) mass is 598 g/mol. The van der Waals surface area contributed by atoms with Crippen LogP contribution in [0.25, 0.3) is 0 Å². The third kappa shape index (κ3) is 6.63. The average molecular weight is 599 g/mol. The van der Waals surface area contributed by atoms with Gasteiger partial charge in [0.25, 0.3) is 0 Å². The minimum atomic E-state index is -0.659. The first kappa shape index (κ1) is 30.4. The number of nitrogens with one attached hydrogen (secondary N) is 1. The van der Waals surface area contributed by atoms with Gasteiger partial charge in [-0.3, -0.25) is 0 Å². The molecule has 1 aromatic heterocycles. The number of carbonyl (C=O) groups is 1. The molecule has 0 unspecified atom stereocenters. The molecule has 3 aromatic carbocycles. The fourth-order valence-corrected chi connectivity index (χ4v) is 5.23. The molecule has 0 atom stereocenters. The third-order valence-corrected chi connectivity index (χ3v) is 7.58. The predicted octanol–water partition coefficient (Wildman–Crippen LogP) is 5.95. The standard InChI is InChI=1S/C33H38N6O5/c1-22-8-7-9-23(2)31(22)39(27-13-11-25(41-4)21-29(27)43-6)33(40)44-30-14-15-34-32(36-30)35-24-10-12-26(28(20-24)42-5)38-18-16-37(3)17-19-38/h7-15,20-21H,16-19H2,1-6H3,(H,34,35,36). The first-order chi connectivity index (χ1) is 21.3. The van der Waals surface area contributed by atoms with Gasteiger partial charge in [-0.05, 0) is 56.3 Å². The number of hydrogen-bond acceptors (Lipinski definition) is 10. The lowest BCUT2D eigenvalue weighted by molar-refractivity contribution is 0.208. The maximum absolute atomic E-state index is 13.9. The van der Waals surface area contributed by atoms with Crippen LogP contribution in [-0.4, -0.2) is 75.5 Å². The summed E-state index contributed by atoms with van der Waals surface area (Å²) in [5.74, 6) is 2.14. The first-order valence-corrected chi connectivity index (χ1v) is 14.3. The maximum Gasteiger partial charge on any atom is 0.425 e. The molecule has 1 aliphatic rings. The quantitative estimate of drug-likeness (QED) is 0.249. The smallest absolute Gasteiger partial charge is 0.425 e. The number of para-hydroxylation sites is 1. The van der Waals surface area contributed by atoms with Gasteiger partial charge in [0.05, 0.1) is 38.4 Å². The molecule has 4 aromatic rings. The van der Waals surface area contributed by atoms with E-state index in [0.717, 1.165) is 54.4 Å². The number of rotatable bonds is 9. The largest absolute Gasteiger partial charge is 0.497 e. The number of amides is 1. The Bertz CT molecular complexity index is 1600. The number of nitrogens with zero attached hydrogens (tertiary/aromatic N) is 5. The van der Waals surface area contributed by atoms with Crippen LogP contribution in [0.2, 0.25) is 0 Å². The second-order valence-electron chi connectivity index (χ2n) is 10.5. The zero-order valence-electron chi connectivity index (χ0n) is 26.0. The molecule has 44 heavy (non-hydrogen) atoms. The normalized spacial score (nSPS) is 13.3. The van der Waals surface area contributed by atoms with Crippen molar-refractivity contribution in [3.05, 3.63) is 78.0 Å². The highest BCUT2D eigenvalue weighted by Gasteiger charge is 2.27. The Balaban J connectivity index is 1.40. The fraction of sp³-hybridized carbons (Fsp3) is 0.303. The van der Waals surface area contributed by atoms with Gasteiger partial charge in [-0.25, -0.2) is 14.7 Å². The fourth-order valence-electron chi connectivity index (χ4n) is 5.23. The van der Waals surface area contributed by atoms with Crippen LogP contribution in [0, 0.1) is 13.8 Å². The summed E-state index contributed by atoms with van der Waals surface area (Å²) in [7, 11) is 6.91. The summed E-state index contributed by atoms with van der Waals surface area (Å²) in [6.07, 6.45) is 0.874. The van der Waals surface area contributed by atoms with Crippen molar-refractivity contribution < 1.29 is 23.7 Å². The van der Waals surface area contributed by atoms with E-state index in [0.29, 0.717) is 22.9 Å². The van der Waals surface area contributed by atoms with E-state index in [1.54, 1.807) is 39.5 Å². The maximum atomic E-state index is 13.9. The Morgan fingerprint density at radius 2 is 1.59 bits per heavy atom. The van der Waals surface area contributed by atoms with Crippen molar-refractivity contribution in [3.63, 3.8) is 0 Å². The molecule has 0 aliphatic carbocycles. The Labute approximate surface area is 257 Å². The van der Waals surface area contributed by atoms with Gasteiger partial charge in [0.2, 0.25) is 11.8 Å². The van der Waals surface area contributed by atoms with Crippen LogP contribution >= 0.6 is 0 Å². The van der Waals surface area contributed by atoms with Gasteiger partial charge in [-0.2, -0.15) is 4.98 Å². The molecule has 11 heteroatoms. The minimum Gasteiger partial charge on any atom is -0.497 e. The van der Waals surface area contributed by atoms with E-state index in [1.165, 1.54) is 17.2 Å². The van der Waals surface area contributed by atoms with Crippen molar-refractivity contribution in [1.29, 1.82) is 0 Å².